The van der Waals surface area contributed by atoms with Crippen LogP contribution in [0.3, 0.4) is 0 Å². The number of rotatable bonds is 3. The van der Waals surface area contributed by atoms with Crippen molar-refractivity contribution < 1.29 is 13.2 Å². The zero-order valence-corrected chi connectivity index (χ0v) is 13.0. The molecule has 0 radical (unpaired) electrons. The van der Waals surface area contributed by atoms with E-state index in [4.69, 9.17) is 5.73 Å². The molecule has 2 rings (SSSR count). The number of carbonyl (C=O) groups excluding carboxylic acids is 1. The monoisotopic (exact) mass is 303 g/mol. The van der Waals surface area contributed by atoms with Gasteiger partial charge in [-0.05, 0) is 31.0 Å². The molecule has 1 amide bonds. The molecule has 2 aromatic rings. The van der Waals surface area contributed by atoms with Crippen molar-refractivity contribution in [3.63, 3.8) is 0 Å². The summed E-state index contributed by atoms with van der Waals surface area (Å²) in [6, 6.07) is 10.3. The first-order valence-electron chi connectivity index (χ1n) is 6.42. The van der Waals surface area contributed by atoms with Crippen molar-refractivity contribution in [1.29, 1.82) is 0 Å². The van der Waals surface area contributed by atoms with Crippen LogP contribution in [-0.4, -0.2) is 20.6 Å². The molecule has 0 heterocycles. The number of hydrogen-bond acceptors (Lipinski definition) is 3. The SMILES string of the molecule is Cc1cc(C)c(C(N)=O)c(-c2ccccc2S(C)(=O)=O)c1. The fraction of sp³-hybridized carbons (Fsp3) is 0.188. The van der Waals surface area contributed by atoms with Gasteiger partial charge < -0.3 is 5.73 Å². The lowest BCUT2D eigenvalue weighted by molar-refractivity contribution is 0.100. The summed E-state index contributed by atoms with van der Waals surface area (Å²) >= 11 is 0. The van der Waals surface area contributed by atoms with Gasteiger partial charge in [-0.3, -0.25) is 4.79 Å². The molecule has 0 unspecified atom stereocenters. The molecular weight excluding hydrogens is 286 g/mol. The molecule has 0 fully saturated rings. The highest BCUT2D eigenvalue weighted by Gasteiger charge is 2.19. The number of carbonyl (C=O) groups is 1. The molecule has 0 aliphatic heterocycles. The van der Waals surface area contributed by atoms with E-state index in [9.17, 15) is 13.2 Å². The minimum absolute atomic E-state index is 0.192. The number of amides is 1. The van der Waals surface area contributed by atoms with Crippen molar-refractivity contribution in [3.05, 3.63) is 53.1 Å². The van der Waals surface area contributed by atoms with Gasteiger partial charge in [-0.2, -0.15) is 0 Å². The average molecular weight is 303 g/mol. The molecule has 0 bridgehead atoms. The van der Waals surface area contributed by atoms with Gasteiger partial charge in [0.15, 0.2) is 9.84 Å². The van der Waals surface area contributed by atoms with Crippen LogP contribution in [0.5, 0.6) is 0 Å². The summed E-state index contributed by atoms with van der Waals surface area (Å²) in [7, 11) is -3.40. The van der Waals surface area contributed by atoms with Gasteiger partial charge in [-0.15, -0.1) is 0 Å². The Morgan fingerprint density at radius 2 is 1.67 bits per heavy atom. The molecule has 21 heavy (non-hydrogen) atoms. The highest BCUT2D eigenvalue weighted by Crippen LogP contribution is 2.32. The number of nitrogens with two attached hydrogens (primary N) is 1. The lowest BCUT2D eigenvalue weighted by Gasteiger charge is -2.14. The number of benzene rings is 2. The largest absolute Gasteiger partial charge is 0.366 e. The first-order valence-corrected chi connectivity index (χ1v) is 8.31. The first-order chi connectivity index (χ1) is 9.71. The van der Waals surface area contributed by atoms with Gasteiger partial charge in [0, 0.05) is 17.4 Å². The van der Waals surface area contributed by atoms with Crippen LogP contribution in [0.2, 0.25) is 0 Å². The van der Waals surface area contributed by atoms with Crippen molar-refractivity contribution in [2.45, 2.75) is 18.7 Å². The Balaban J connectivity index is 2.89. The lowest BCUT2D eigenvalue weighted by atomic mass is 9.93. The highest BCUT2D eigenvalue weighted by molar-refractivity contribution is 7.90. The van der Waals surface area contributed by atoms with E-state index in [1.807, 2.05) is 13.0 Å². The molecule has 0 aliphatic carbocycles. The van der Waals surface area contributed by atoms with Gasteiger partial charge in [0.1, 0.15) is 0 Å². The number of primary amides is 1. The molecule has 2 aromatic carbocycles. The third kappa shape index (κ3) is 2.97. The van der Waals surface area contributed by atoms with Crippen LogP contribution < -0.4 is 5.73 Å². The fourth-order valence-electron chi connectivity index (χ4n) is 2.52. The molecule has 2 N–H and O–H groups in total. The summed E-state index contributed by atoms with van der Waals surface area (Å²) in [5.41, 5.74) is 8.57. The molecule has 0 saturated heterocycles. The van der Waals surface area contributed by atoms with Gasteiger partial charge in [-0.1, -0.05) is 35.9 Å². The Bertz CT molecular complexity index is 823. The topological polar surface area (TPSA) is 77.2 Å². The molecule has 110 valence electrons. The molecule has 0 aliphatic rings. The Kier molecular flexibility index (Phi) is 3.87. The fourth-order valence-corrected chi connectivity index (χ4v) is 3.42. The predicted octanol–water partition coefficient (Wildman–Crippen LogP) is 2.47. The Hall–Kier alpha value is -2.14. The summed E-state index contributed by atoms with van der Waals surface area (Å²) in [4.78, 5) is 12.0. The predicted molar refractivity (Wildman–Crippen MR) is 83.0 cm³/mol. The minimum Gasteiger partial charge on any atom is -0.366 e. The zero-order chi connectivity index (χ0) is 15.8. The molecule has 4 nitrogen and oxygen atoms in total. The number of hydrogen-bond donors (Lipinski definition) is 1. The van der Waals surface area contributed by atoms with Crippen molar-refractivity contribution in [2.75, 3.05) is 6.26 Å². The first kappa shape index (κ1) is 15.3. The molecule has 0 spiro atoms. The molecule has 5 heteroatoms. The average Bonchev–Trinajstić information content (AvgIpc) is 2.36. The maximum absolute atomic E-state index is 12.0. The van der Waals surface area contributed by atoms with E-state index in [-0.39, 0.29) is 4.90 Å². The summed E-state index contributed by atoms with van der Waals surface area (Å²) < 4.78 is 23.9. The Labute approximate surface area is 124 Å². The Morgan fingerprint density at radius 1 is 1.05 bits per heavy atom. The second-order valence-corrected chi connectivity index (χ2v) is 7.12. The third-order valence-electron chi connectivity index (χ3n) is 3.30. The van der Waals surface area contributed by atoms with Gasteiger partial charge in [0.2, 0.25) is 5.91 Å². The summed E-state index contributed by atoms with van der Waals surface area (Å²) in [6.07, 6.45) is 1.15. The molecule has 0 saturated carbocycles. The van der Waals surface area contributed by atoms with E-state index < -0.39 is 15.7 Å². The van der Waals surface area contributed by atoms with Gasteiger partial charge >= 0.3 is 0 Å². The van der Waals surface area contributed by atoms with Gasteiger partial charge in [0.05, 0.1) is 4.90 Å². The van der Waals surface area contributed by atoms with E-state index in [2.05, 4.69) is 0 Å². The van der Waals surface area contributed by atoms with Gasteiger partial charge in [-0.25, -0.2) is 8.42 Å². The van der Waals surface area contributed by atoms with Crippen LogP contribution in [-0.2, 0) is 9.84 Å². The van der Waals surface area contributed by atoms with E-state index in [1.165, 1.54) is 6.07 Å². The van der Waals surface area contributed by atoms with E-state index >= 15 is 0 Å². The zero-order valence-electron chi connectivity index (χ0n) is 12.2. The molecular formula is C16H17NO3S. The summed E-state index contributed by atoms with van der Waals surface area (Å²) in [5.74, 6) is -0.564. The van der Waals surface area contributed by atoms with Crippen molar-refractivity contribution >= 4 is 15.7 Å². The molecule has 0 atom stereocenters. The smallest absolute Gasteiger partial charge is 0.249 e. The van der Waals surface area contributed by atoms with E-state index in [1.54, 1.807) is 31.2 Å². The third-order valence-corrected chi connectivity index (χ3v) is 4.46. The van der Waals surface area contributed by atoms with E-state index in [0.29, 0.717) is 16.7 Å². The van der Waals surface area contributed by atoms with Crippen LogP contribution in [0.4, 0.5) is 0 Å². The lowest BCUT2D eigenvalue weighted by Crippen LogP contribution is -2.15. The standard InChI is InChI=1S/C16H17NO3S/c1-10-8-11(2)15(16(17)18)13(9-10)12-6-4-5-7-14(12)21(3,19)20/h4-9H,1-3H3,(H2,17,18). The highest BCUT2D eigenvalue weighted by atomic mass is 32.2. The normalized spacial score (nSPS) is 11.4. The maximum Gasteiger partial charge on any atom is 0.249 e. The van der Waals surface area contributed by atoms with E-state index in [0.717, 1.165) is 17.4 Å². The van der Waals surface area contributed by atoms with Crippen molar-refractivity contribution in [2.24, 2.45) is 5.73 Å². The second-order valence-electron chi connectivity index (χ2n) is 5.14. The summed E-state index contributed by atoms with van der Waals surface area (Å²) in [6.45, 7) is 3.68. The summed E-state index contributed by atoms with van der Waals surface area (Å²) in [5, 5.41) is 0. The van der Waals surface area contributed by atoms with Crippen LogP contribution in [0.15, 0.2) is 41.3 Å². The van der Waals surface area contributed by atoms with Crippen molar-refractivity contribution in [3.8, 4) is 11.1 Å². The quantitative estimate of drug-likeness (QED) is 0.946. The second kappa shape index (κ2) is 5.33. The van der Waals surface area contributed by atoms with Crippen LogP contribution in [0, 0.1) is 13.8 Å². The molecule has 0 aromatic heterocycles. The van der Waals surface area contributed by atoms with Crippen LogP contribution in [0.25, 0.3) is 11.1 Å². The number of sulfone groups is 1. The Morgan fingerprint density at radius 3 is 2.24 bits per heavy atom. The van der Waals surface area contributed by atoms with Crippen LogP contribution >= 0.6 is 0 Å². The number of aryl methyl sites for hydroxylation is 2. The minimum atomic E-state index is -3.40. The van der Waals surface area contributed by atoms with Crippen LogP contribution in [0.1, 0.15) is 21.5 Å². The maximum atomic E-state index is 12.0. The van der Waals surface area contributed by atoms with Gasteiger partial charge in [0.25, 0.3) is 0 Å². The van der Waals surface area contributed by atoms with Crippen molar-refractivity contribution in [1.82, 2.24) is 0 Å².